The first-order chi connectivity index (χ1) is 7.24. The SMILES string of the molecule is CNC(CSCCC(C)C)C1CCOC1. The Morgan fingerprint density at radius 2 is 2.27 bits per heavy atom. The lowest BCUT2D eigenvalue weighted by Crippen LogP contribution is -2.36. The van der Waals surface area contributed by atoms with Gasteiger partial charge in [-0.15, -0.1) is 0 Å². The minimum atomic E-state index is 0.643. The molecule has 0 aliphatic carbocycles. The van der Waals surface area contributed by atoms with Gasteiger partial charge in [0.15, 0.2) is 0 Å². The van der Waals surface area contributed by atoms with Gasteiger partial charge in [0.05, 0.1) is 6.61 Å². The highest BCUT2D eigenvalue weighted by Gasteiger charge is 2.24. The third-order valence-electron chi connectivity index (χ3n) is 3.04. The second-order valence-corrected chi connectivity index (χ2v) is 5.93. The molecule has 0 saturated carbocycles. The molecule has 15 heavy (non-hydrogen) atoms. The van der Waals surface area contributed by atoms with Crippen LogP contribution in [0.5, 0.6) is 0 Å². The van der Waals surface area contributed by atoms with Crippen molar-refractivity contribution in [2.24, 2.45) is 11.8 Å². The Hall–Kier alpha value is 0.270. The van der Waals surface area contributed by atoms with Crippen LogP contribution in [-0.2, 0) is 4.74 Å². The highest BCUT2D eigenvalue weighted by molar-refractivity contribution is 7.99. The van der Waals surface area contributed by atoms with Crippen LogP contribution >= 0.6 is 11.8 Å². The fraction of sp³-hybridized carbons (Fsp3) is 1.00. The Morgan fingerprint density at radius 1 is 1.47 bits per heavy atom. The molecule has 1 saturated heterocycles. The standard InChI is InChI=1S/C12H25NOS/c1-10(2)5-7-15-9-12(13-3)11-4-6-14-8-11/h10-13H,4-9H2,1-3H3. The fourth-order valence-electron chi connectivity index (χ4n) is 1.85. The summed E-state index contributed by atoms with van der Waals surface area (Å²) in [6.45, 7) is 6.50. The molecule has 0 aromatic carbocycles. The van der Waals surface area contributed by atoms with Gasteiger partial charge < -0.3 is 10.1 Å². The van der Waals surface area contributed by atoms with E-state index in [-0.39, 0.29) is 0 Å². The Balaban J connectivity index is 2.10. The molecular weight excluding hydrogens is 206 g/mol. The Bertz CT molecular complexity index is 158. The summed E-state index contributed by atoms with van der Waals surface area (Å²) >= 11 is 2.08. The smallest absolute Gasteiger partial charge is 0.0510 e. The van der Waals surface area contributed by atoms with Gasteiger partial charge in [-0.2, -0.15) is 11.8 Å². The van der Waals surface area contributed by atoms with E-state index in [0.29, 0.717) is 6.04 Å². The van der Waals surface area contributed by atoms with Crippen molar-refractivity contribution in [2.45, 2.75) is 32.7 Å². The average molecular weight is 231 g/mol. The molecule has 0 bridgehead atoms. The summed E-state index contributed by atoms with van der Waals surface area (Å²) in [6, 6.07) is 0.643. The molecule has 1 rings (SSSR count). The molecule has 1 N–H and O–H groups in total. The minimum Gasteiger partial charge on any atom is -0.381 e. The van der Waals surface area contributed by atoms with Crippen molar-refractivity contribution in [3.05, 3.63) is 0 Å². The third kappa shape index (κ3) is 5.23. The van der Waals surface area contributed by atoms with E-state index in [1.165, 1.54) is 24.3 Å². The van der Waals surface area contributed by atoms with Gasteiger partial charge in [-0.1, -0.05) is 13.8 Å². The van der Waals surface area contributed by atoms with E-state index in [9.17, 15) is 0 Å². The predicted octanol–water partition coefficient (Wildman–Crippen LogP) is 2.39. The quantitative estimate of drug-likeness (QED) is 0.680. The van der Waals surface area contributed by atoms with Crippen molar-refractivity contribution in [2.75, 3.05) is 31.8 Å². The van der Waals surface area contributed by atoms with E-state index in [1.54, 1.807) is 0 Å². The number of thioether (sulfide) groups is 1. The first-order valence-corrected chi connectivity index (χ1v) is 7.22. The lowest BCUT2D eigenvalue weighted by Gasteiger charge is -2.21. The molecule has 0 amide bonds. The van der Waals surface area contributed by atoms with E-state index in [0.717, 1.165) is 25.0 Å². The van der Waals surface area contributed by atoms with Gasteiger partial charge in [0.1, 0.15) is 0 Å². The van der Waals surface area contributed by atoms with Crippen LogP contribution in [0.3, 0.4) is 0 Å². The summed E-state index contributed by atoms with van der Waals surface area (Å²) in [7, 11) is 2.08. The number of hydrogen-bond donors (Lipinski definition) is 1. The fourth-order valence-corrected chi connectivity index (χ4v) is 3.35. The average Bonchev–Trinajstić information content (AvgIpc) is 2.70. The van der Waals surface area contributed by atoms with Crippen molar-refractivity contribution in [1.29, 1.82) is 0 Å². The summed E-state index contributed by atoms with van der Waals surface area (Å²) in [5, 5.41) is 3.43. The Morgan fingerprint density at radius 3 is 2.80 bits per heavy atom. The van der Waals surface area contributed by atoms with Crippen molar-refractivity contribution in [3.63, 3.8) is 0 Å². The molecule has 1 aliphatic heterocycles. The van der Waals surface area contributed by atoms with Gasteiger partial charge >= 0.3 is 0 Å². The lowest BCUT2D eigenvalue weighted by molar-refractivity contribution is 0.180. The zero-order valence-electron chi connectivity index (χ0n) is 10.3. The van der Waals surface area contributed by atoms with Gasteiger partial charge in [0, 0.05) is 24.3 Å². The number of rotatable bonds is 7. The molecule has 90 valence electrons. The van der Waals surface area contributed by atoms with Crippen LogP contribution in [0, 0.1) is 11.8 Å². The highest BCUT2D eigenvalue weighted by Crippen LogP contribution is 2.20. The van der Waals surface area contributed by atoms with Gasteiger partial charge in [-0.25, -0.2) is 0 Å². The van der Waals surface area contributed by atoms with E-state index >= 15 is 0 Å². The molecule has 1 aliphatic rings. The highest BCUT2D eigenvalue weighted by atomic mass is 32.2. The summed E-state index contributed by atoms with van der Waals surface area (Å²) in [6.07, 6.45) is 2.57. The maximum Gasteiger partial charge on any atom is 0.0510 e. The lowest BCUT2D eigenvalue weighted by atomic mass is 10.0. The van der Waals surface area contributed by atoms with Crippen LogP contribution in [0.1, 0.15) is 26.7 Å². The largest absolute Gasteiger partial charge is 0.381 e. The summed E-state index contributed by atoms with van der Waals surface area (Å²) in [4.78, 5) is 0. The van der Waals surface area contributed by atoms with Gasteiger partial charge in [-0.05, 0) is 31.6 Å². The molecule has 1 fully saturated rings. The summed E-state index contributed by atoms with van der Waals surface area (Å²) in [5.41, 5.74) is 0. The first kappa shape index (κ1) is 13.3. The molecule has 2 atom stereocenters. The molecule has 1 heterocycles. The summed E-state index contributed by atoms with van der Waals surface area (Å²) < 4.78 is 5.44. The number of hydrogen-bond acceptors (Lipinski definition) is 3. The van der Waals surface area contributed by atoms with Crippen molar-refractivity contribution in [3.8, 4) is 0 Å². The normalized spacial score (nSPS) is 23.6. The third-order valence-corrected chi connectivity index (χ3v) is 4.16. The van der Waals surface area contributed by atoms with E-state index < -0.39 is 0 Å². The zero-order valence-corrected chi connectivity index (χ0v) is 11.1. The maximum absolute atomic E-state index is 5.44. The number of ether oxygens (including phenoxy) is 1. The molecule has 0 aromatic rings. The van der Waals surface area contributed by atoms with Crippen LogP contribution < -0.4 is 5.32 Å². The van der Waals surface area contributed by atoms with Crippen LogP contribution in [0.4, 0.5) is 0 Å². The monoisotopic (exact) mass is 231 g/mol. The van der Waals surface area contributed by atoms with E-state index in [2.05, 4.69) is 38.0 Å². The molecule has 0 spiro atoms. The number of nitrogens with one attached hydrogen (secondary N) is 1. The molecule has 2 nitrogen and oxygen atoms in total. The van der Waals surface area contributed by atoms with Gasteiger partial charge in [0.2, 0.25) is 0 Å². The van der Waals surface area contributed by atoms with Crippen molar-refractivity contribution in [1.82, 2.24) is 5.32 Å². The molecule has 0 aromatic heterocycles. The summed E-state index contributed by atoms with van der Waals surface area (Å²) in [5.74, 6) is 4.10. The van der Waals surface area contributed by atoms with Crippen molar-refractivity contribution < 1.29 is 4.74 Å². The first-order valence-electron chi connectivity index (χ1n) is 6.06. The van der Waals surface area contributed by atoms with Gasteiger partial charge in [0.25, 0.3) is 0 Å². The molecule has 2 unspecified atom stereocenters. The van der Waals surface area contributed by atoms with E-state index in [4.69, 9.17) is 4.74 Å². The molecule has 3 heteroatoms. The Labute approximate surface area is 98.5 Å². The Kier molecular flexibility index (Phi) is 6.69. The van der Waals surface area contributed by atoms with Crippen LogP contribution in [-0.4, -0.2) is 37.8 Å². The van der Waals surface area contributed by atoms with Gasteiger partial charge in [-0.3, -0.25) is 0 Å². The maximum atomic E-state index is 5.44. The molecule has 0 radical (unpaired) electrons. The van der Waals surface area contributed by atoms with Crippen molar-refractivity contribution >= 4 is 11.8 Å². The molecular formula is C12H25NOS. The second kappa shape index (κ2) is 7.53. The zero-order chi connectivity index (χ0) is 11.1. The topological polar surface area (TPSA) is 21.3 Å². The second-order valence-electron chi connectivity index (χ2n) is 4.78. The van der Waals surface area contributed by atoms with Crippen LogP contribution in [0.2, 0.25) is 0 Å². The van der Waals surface area contributed by atoms with Crippen LogP contribution in [0.15, 0.2) is 0 Å². The van der Waals surface area contributed by atoms with Crippen LogP contribution in [0.25, 0.3) is 0 Å². The minimum absolute atomic E-state index is 0.643. The predicted molar refractivity (Wildman–Crippen MR) is 68.6 cm³/mol. The van der Waals surface area contributed by atoms with E-state index in [1.807, 2.05) is 0 Å².